The second-order valence-corrected chi connectivity index (χ2v) is 6.33. The number of carbonyl (C=O) groups is 1. The molecule has 0 aliphatic rings. The zero-order valence-electron chi connectivity index (χ0n) is 16.9. The van der Waals surface area contributed by atoms with Crippen molar-refractivity contribution in [2.45, 2.75) is 13.8 Å². The molecule has 0 saturated heterocycles. The number of carbonyl (C=O) groups excluding carboxylic acids is 1. The van der Waals surface area contributed by atoms with Crippen LogP contribution in [0.2, 0.25) is 0 Å². The van der Waals surface area contributed by atoms with Gasteiger partial charge in [0.2, 0.25) is 0 Å². The maximum absolute atomic E-state index is 12.0. The van der Waals surface area contributed by atoms with Crippen LogP contribution in [0.3, 0.4) is 0 Å². The first kappa shape index (κ1) is 20.9. The van der Waals surface area contributed by atoms with Crippen LogP contribution in [-0.4, -0.2) is 32.4 Å². The SMILES string of the molecule is CCOc1cc(/C=N\NC(=O)COc2ccc3c(C)cc(=O)oc3c2)ccc1OC. The van der Waals surface area contributed by atoms with Crippen molar-refractivity contribution < 1.29 is 23.4 Å². The molecule has 0 aliphatic heterocycles. The maximum atomic E-state index is 12.0. The van der Waals surface area contributed by atoms with Crippen LogP contribution in [0.15, 0.2) is 56.8 Å². The molecule has 0 spiro atoms. The van der Waals surface area contributed by atoms with E-state index in [4.69, 9.17) is 18.6 Å². The number of methoxy groups -OCH3 is 1. The number of benzene rings is 2. The first-order chi connectivity index (χ1) is 14.5. The molecule has 156 valence electrons. The Labute approximate surface area is 173 Å². The summed E-state index contributed by atoms with van der Waals surface area (Å²) >= 11 is 0. The Balaban J connectivity index is 1.58. The Morgan fingerprint density at radius 3 is 2.73 bits per heavy atom. The van der Waals surface area contributed by atoms with Gasteiger partial charge in [0.25, 0.3) is 5.91 Å². The van der Waals surface area contributed by atoms with Crippen molar-refractivity contribution in [3.8, 4) is 17.2 Å². The lowest BCUT2D eigenvalue weighted by Crippen LogP contribution is -2.24. The van der Waals surface area contributed by atoms with E-state index in [1.165, 1.54) is 12.3 Å². The molecule has 3 rings (SSSR count). The number of ether oxygens (including phenoxy) is 3. The number of fused-ring (bicyclic) bond motifs is 1. The zero-order chi connectivity index (χ0) is 21.5. The number of hydrogen-bond donors (Lipinski definition) is 1. The smallest absolute Gasteiger partial charge is 0.336 e. The third-order valence-corrected chi connectivity index (χ3v) is 4.18. The van der Waals surface area contributed by atoms with Gasteiger partial charge in [0.15, 0.2) is 18.1 Å². The Morgan fingerprint density at radius 1 is 1.13 bits per heavy atom. The van der Waals surface area contributed by atoms with E-state index in [1.54, 1.807) is 43.5 Å². The van der Waals surface area contributed by atoms with Gasteiger partial charge >= 0.3 is 5.63 Å². The Morgan fingerprint density at radius 2 is 1.97 bits per heavy atom. The summed E-state index contributed by atoms with van der Waals surface area (Å²) in [5.74, 6) is 1.19. The Kier molecular flexibility index (Phi) is 6.69. The summed E-state index contributed by atoms with van der Waals surface area (Å²) in [6, 6.07) is 11.8. The Hall–Kier alpha value is -3.81. The lowest BCUT2D eigenvalue weighted by atomic mass is 10.1. The average Bonchev–Trinajstić information content (AvgIpc) is 2.72. The van der Waals surface area contributed by atoms with E-state index < -0.39 is 11.5 Å². The fraction of sp³-hybridized carbons (Fsp3) is 0.227. The van der Waals surface area contributed by atoms with Gasteiger partial charge in [0.05, 0.1) is 19.9 Å². The van der Waals surface area contributed by atoms with Crippen LogP contribution in [0, 0.1) is 6.92 Å². The molecule has 30 heavy (non-hydrogen) atoms. The predicted octanol–water partition coefficient (Wildman–Crippen LogP) is 3.04. The summed E-state index contributed by atoms with van der Waals surface area (Å²) in [6.07, 6.45) is 1.49. The molecule has 0 unspecified atom stereocenters. The quantitative estimate of drug-likeness (QED) is 0.348. The summed E-state index contributed by atoms with van der Waals surface area (Å²) in [5, 5.41) is 4.73. The van der Waals surface area contributed by atoms with Gasteiger partial charge in [-0.1, -0.05) is 0 Å². The van der Waals surface area contributed by atoms with Crippen molar-refractivity contribution in [3.05, 3.63) is 64.0 Å². The van der Waals surface area contributed by atoms with Gasteiger partial charge < -0.3 is 18.6 Å². The highest BCUT2D eigenvalue weighted by molar-refractivity contribution is 5.84. The normalized spacial score (nSPS) is 10.9. The molecule has 0 bridgehead atoms. The highest BCUT2D eigenvalue weighted by Crippen LogP contribution is 2.27. The molecule has 2 aromatic carbocycles. The topological polar surface area (TPSA) is 99.4 Å². The molecule has 1 N–H and O–H groups in total. The Bertz CT molecular complexity index is 1140. The minimum absolute atomic E-state index is 0.244. The van der Waals surface area contributed by atoms with Gasteiger partial charge in [0.1, 0.15) is 11.3 Å². The van der Waals surface area contributed by atoms with E-state index >= 15 is 0 Å². The van der Waals surface area contributed by atoms with Crippen molar-refractivity contribution in [2.24, 2.45) is 5.10 Å². The second-order valence-electron chi connectivity index (χ2n) is 6.33. The van der Waals surface area contributed by atoms with Crippen LogP contribution in [0.4, 0.5) is 0 Å². The van der Waals surface area contributed by atoms with Gasteiger partial charge in [-0.25, -0.2) is 10.2 Å². The second kappa shape index (κ2) is 9.60. The lowest BCUT2D eigenvalue weighted by molar-refractivity contribution is -0.123. The van der Waals surface area contributed by atoms with Crippen LogP contribution >= 0.6 is 0 Å². The van der Waals surface area contributed by atoms with Gasteiger partial charge in [-0.3, -0.25) is 4.79 Å². The number of rotatable bonds is 8. The molecular weight excluding hydrogens is 388 g/mol. The maximum Gasteiger partial charge on any atom is 0.336 e. The monoisotopic (exact) mass is 410 g/mol. The highest BCUT2D eigenvalue weighted by atomic mass is 16.5. The van der Waals surface area contributed by atoms with Gasteiger partial charge in [-0.2, -0.15) is 5.10 Å². The van der Waals surface area contributed by atoms with Crippen LogP contribution in [0.5, 0.6) is 17.2 Å². The molecule has 0 saturated carbocycles. The first-order valence-corrected chi connectivity index (χ1v) is 9.30. The molecule has 0 fully saturated rings. The zero-order valence-corrected chi connectivity index (χ0v) is 16.9. The third-order valence-electron chi connectivity index (χ3n) is 4.18. The van der Waals surface area contributed by atoms with Gasteiger partial charge in [0, 0.05) is 17.5 Å². The number of amides is 1. The summed E-state index contributed by atoms with van der Waals surface area (Å²) in [7, 11) is 1.57. The highest BCUT2D eigenvalue weighted by Gasteiger charge is 2.07. The van der Waals surface area contributed by atoms with Crippen LogP contribution in [-0.2, 0) is 4.79 Å². The largest absolute Gasteiger partial charge is 0.493 e. The van der Waals surface area contributed by atoms with E-state index in [2.05, 4.69) is 10.5 Å². The van der Waals surface area contributed by atoms with Crippen molar-refractivity contribution in [1.29, 1.82) is 0 Å². The molecule has 1 amide bonds. The summed E-state index contributed by atoms with van der Waals surface area (Å²) in [6.45, 7) is 3.96. The van der Waals surface area contributed by atoms with Crippen LogP contribution in [0.25, 0.3) is 11.0 Å². The van der Waals surface area contributed by atoms with Crippen molar-refractivity contribution in [2.75, 3.05) is 20.3 Å². The van der Waals surface area contributed by atoms with Crippen molar-refractivity contribution in [3.63, 3.8) is 0 Å². The lowest BCUT2D eigenvalue weighted by Gasteiger charge is -2.09. The summed E-state index contributed by atoms with van der Waals surface area (Å²) in [5.41, 5.74) is 3.91. The van der Waals surface area contributed by atoms with Crippen LogP contribution < -0.4 is 25.3 Å². The minimum atomic E-state index is -0.435. The molecule has 0 radical (unpaired) electrons. The molecule has 1 heterocycles. The summed E-state index contributed by atoms with van der Waals surface area (Å²) < 4.78 is 21.4. The van der Waals surface area contributed by atoms with E-state index in [0.29, 0.717) is 29.4 Å². The van der Waals surface area contributed by atoms with Crippen LogP contribution in [0.1, 0.15) is 18.1 Å². The standard InChI is InChI=1S/C22H22N2O6/c1-4-28-20-10-15(5-8-18(20)27-3)12-23-24-21(25)13-29-16-6-7-17-14(2)9-22(26)30-19(17)11-16/h5-12H,4,13H2,1-3H3,(H,24,25)/b23-12-. The number of hydrazone groups is 1. The first-order valence-electron chi connectivity index (χ1n) is 9.30. The van der Waals surface area contributed by atoms with Crippen molar-refractivity contribution >= 4 is 23.1 Å². The van der Waals surface area contributed by atoms with E-state index in [1.807, 2.05) is 13.8 Å². The number of aryl methyl sites for hydroxylation is 1. The number of hydrogen-bond acceptors (Lipinski definition) is 7. The summed E-state index contributed by atoms with van der Waals surface area (Å²) in [4.78, 5) is 23.5. The van der Waals surface area contributed by atoms with Gasteiger partial charge in [-0.05, 0) is 55.3 Å². The third kappa shape index (κ3) is 5.16. The van der Waals surface area contributed by atoms with E-state index in [0.717, 1.165) is 16.5 Å². The van der Waals surface area contributed by atoms with E-state index in [-0.39, 0.29) is 6.61 Å². The molecule has 8 heteroatoms. The number of nitrogens with one attached hydrogen (secondary N) is 1. The number of nitrogens with zero attached hydrogens (tertiary/aromatic N) is 1. The molecule has 0 aliphatic carbocycles. The molecule has 8 nitrogen and oxygen atoms in total. The average molecular weight is 410 g/mol. The molecular formula is C22H22N2O6. The minimum Gasteiger partial charge on any atom is -0.493 e. The predicted molar refractivity (Wildman–Crippen MR) is 113 cm³/mol. The van der Waals surface area contributed by atoms with Crippen molar-refractivity contribution in [1.82, 2.24) is 5.43 Å². The molecule has 0 atom stereocenters. The van der Waals surface area contributed by atoms with Gasteiger partial charge in [-0.15, -0.1) is 0 Å². The van der Waals surface area contributed by atoms with E-state index in [9.17, 15) is 9.59 Å². The fourth-order valence-electron chi connectivity index (χ4n) is 2.80. The molecule has 3 aromatic rings. The fourth-order valence-corrected chi connectivity index (χ4v) is 2.80. The molecule has 1 aromatic heterocycles.